The van der Waals surface area contributed by atoms with E-state index in [-0.39, 0.29) is 0 Å². The van der Waals surface area contributed by atoms with Crippen LogP contribution in [0.1, 0.15) is 110 Å². The molecule has 0 aliphatic heterocycles. The average molecular weight is 297 g/mol. The second kappa shape index (κ2) is 17.6. The lowest BCUT2D eigenvalue weighted by molar-refractivity contribution is 0.195. The fourth-order valence-electron chi connectivity index (χ4n) is 2.63. The van der Waals surface area contributed by atoms with E-state index in [9.17, 15) is 0 Å². The van der Waals surface area contributed by atoms with Crippen molar-refractivity contribution in [3.05, 3.63) is 12.3 Å². The van der Waals surface area contributed by atoms with Crippen molar-refractivity contribution >= 4 is 0 Å². The van der Waals surface area contributed by atoms with Gasteiger partial charge in [0.25, 0.3) is 0 Å². The summed E-state index contributed by atoms with van der Waals surface area (Å²) >= 11 is 0. The Hall–Kier alpha value is -0.460. The summed E-state index contributed by atoms with van der Waals surface area (Å²) in [6, 6.07) is 0. The van der Waals surface area contributed by atoms with Crippen LogP contribution in [0.15, 0.2) is 12.3 Å². The third-order valence-corrected chi connectivity index (χ3v) is 4.11. The lowest BCUT2D eigenvalue weighted by Gasteiger charge is -2.09. The minimum Gasteiger partial charge on any atom is -0.499 e. The predicted octanol–water partition coefficient (Wildman–Crippen LogP) is 7.41. The Kier molecular flexibility index (Phi) is 17.2. The van der Waals surface area contributed by atoms with Gasteiger partial charge in [0.2, 0.25) is 0 Å². The molecule has 1 heteroatoms. The van der Waals surface area contributed by atoms with Gasteiger partial charge in [-0.2, -0.15) is 0 Å². The number of hydrogen-bond acceptors (Lipinski definition) is 1. The van der Waals surface area contributed by atoms with Gasteiger partial charge in [0.15, 0.2) is 0 Å². The van der Waals surface area contributed by atoms with E-state index in [1.807, 2.05) is 0 Å². The second-order valence-electron chi connectivity index (χ2n) is 6.38. The summed E-state index contributed by atoms with van der Waals surface area (Å²) in [5.74, 6) is 1.01. The summed E-state index contributed by atoms with van der Waals surface area (Å²) < 4.78 is 5.71. The van der Waals surface area contributed by atoms with E-state index in [4.69, 9.17) is 4.74 Å². The molecule has 0 aromatic carbocycles. The standard InChI is InChI=1S/C20H40O/c1-4-6-8-10-12-13-14-16-18-20(3)21-19-17-15-11-9-7-5-2/h3-19H2,1-2H3. The van der Waals surface area contributed by atoms with Crippen molar-refractivity contribution in [3.8, 4) is 0 Å². The fraction of sp³-hybridized carbons (Fsp3) is 0.900. The molecule has 21 heavy (non-hydrogen) atoms. The minimum absolute atomic E-state index is 0.877. The molecule has 0 saturated carbocycles. The zero-order chi connectivity index (χ0) is 15.6. The highest BCUT2D eigenvalue weighted by molar-refractivity contribution is 4.81. The smallest absolute Gasteiger partial charge is 0.0888 e. The molecule has 1 nitrogen and oxygen atoms in total. The van der Waals surface area contributed by atoms with Crippen molar-refractivity contribution in [1.29, 1.82) is 0 Å². The Balaban J connectivity index is 3.13. The first-order chi connectivity index (χ1) is 10.3. The Labute approximate surface area is 134 Å². The van der Waals surface area contributed by atoms with E-state index in [1.165, 1.54) is 89.9 Å². The van der Waals surface area contributed by atoms with E-state index >= 15 is 0 Å². The molecule has 0 saturated heterocycles. The van der Waals surface area contributed by atoms with Crippen molar-refractivity contribution in [3.63, 3.8) is 0 Å². The van der Waals surface area contributed by atoms with Gasteiger partial charge in [0.05, 0.1) is 12.4 Å². The third kappa shape index (κ3) is 17.5. The third-order valence-electron chi connectivity index (χ3n) is 4.11. The van der Waals surface area contributed by atoms with Crippen LogP contribution in [-0.2, 0) is 4.74 Å². The van der Waals surface area contributed by atoms with E-state index in [0.717, 1.165) is 18.8 Å². The fourth-order valence-corrected chi connectivity index (χ4v) is 2.63. The van der Waals surface area contributed by atoms with Crippen LogP contribution >= 0.6 is 0 Å². The van der Waals surface area contributed by atoms with Gasteiger partial charge in [-0.15, -0.1) is 0 Å². The van der Waals surface area contributed by atoms with Gasteiger partial charge in [-0.1, -0.05) is 97.5 Å². The molecule has 126 valence electrons. The molecule has 0 radical (unpaired) electrons. The molecular weight excluding hydrogens is 256 g/mol. The summed E-state index contributed by atoms with van der Waals surface area (Å²) in [5, 5.41) is 0. The van der Waals surface area contributed by atoms with Gasteiger partial charge in [0, 0.05) is 6.42 Å². The molecule has 0 aliphatic rings. The first-order valence-corrected chi connectivity index (χ1v) is 9.61. The van der Waals surface area contributed by atoms with Crippen LogP contribution < -0.4 is 0 Å². The molecule has 0 aromatic heterocycles. The molecule has 0 N–H and O–H groups in total. The highest BCUT2D eigenvalue weighted by Crippen LogP contribution is 2.13. The van der Waals surface area contributed by atoms with Crippen LogP contribution in [-0.4, -0.2) is 6.61 Å². The molecule has 0 spiro atoms. The van der Waals surface area contributed by atoms with Crippen molar-refractivity contribution in [2.24, 2.45) is 0 Å². The van der Waals surface area contributed by atoms with E-state index < -0.39 is 0 Å². The van der Waals surface area contributed by atoms with E-state index in [2.05, 4.69) is 20.4 Å². The SMILES string of the molecule is C=C(CCCCCCCCCC)OCCCCCCCC. The molecule has 0 fully saturated rings. The molecule has 0 atom stereocenters. The molecular formula is C20H40O. The quantitative estimate of drug-likeness (QED) is 0.200. The van der Waals surface area contributed by atoms with Gasteiger partial charge < -0.3 is 4.74 Å². The lowest BCUT2D eigenvalue weighted by atomic mass is 10.1. The van der Waals surface area contributed by atoms with Crippen LogP contribution in [0.3, 0.4) is 0 Å². The van der Waals surface area contributed by atoms with Gasteiger partial charge in [-0.3, -0.25) is 0 Å². The Morgan fingerprint density at radius 3 is 1.57 bits per heavy atom. The summed E-state index contributed by atoms with van der Waals surface area (Å²) in [7, 11) is 0. The second-order valence-corrected chi connectivity index (χ2v) is 6.38. The highest BCUT2D eigenvalue weighted by Gasteiger charge is 1.97. The Morgan fingerprint density at radius 1 is 0.619 bits per heavy atom. The molecule has 0 unspecified atom stereocenters. The molecule has 0 bridgehead atoms. The van der Waals surface area contributed by atoms with Gasteiger partial charge in [0.1, 0.15) is 0 Å². The van der Waals surface area contributed by atoms with Gasteiger partial charge in [-0.05, 0) is 12.8 Å². The van der Waals surface area contributed by atoms with Gasteiger partial charge >= 0.3 is 0 Å². The highest BCUT2D eigenvalue weighted by atomic mass is 16.5. The molecule has 0 rings (SSSR count). The van der Waals surface area contributed by atoms with Crippen molar-refractivity contribution in [1.82, 2.24) is 0 Å². The number of ether oxygens (including phenoxy) is 1. The maximum absolute atomic E-state index is 5.71. The number of hydrogen-bond donors (Lipinski definition) is 0. The monoisotopic (exact) mass is 296 g/mol. The maximum Gasteiger partial charge on any atom is 0.0888 e. The van der Waals surface area contributed by atoms with Gasteiger partial charge in [-0.25, -0.2) is 0 Å². The summed E-state index contributed by atoms with van der Waals surface area (Å²) in [4.78, 5) is 0. The number of allylic oxidation sites excluding steroid dienone is 1. The maximum atomic E-state index is 5.71. The molecule has 0 aromatic rings. The average Bonchev–Trinajstić information content (AvgIpc) is 2.49. The predicted molar refractivity (Wildman–Crippen MR) is 95.7 cm³/mol. The zero-order valence-corrected chi connectivity index (χ0v) is 14.9. The molecule has 0 amide bonds. The van der Waals surface area contributed by atoms with Crippen LogP contribution in [0.25, 0.3) is 0 Å². The Morgan fingerprint density at radius 2 is 1.05 bits per heavy atom. The summed E-state index contributed by atoms with van der Waals surface area (Å²) in [6.45, 7) is 9.45. The largest absolute Gasteiger partial charge is 0.499 e. The van der Waals surface area contributed by atoms with Crippen LogP contribution in [0.2, 0.25) is 0 Å². The van der Waals surface area contributed by atoms with Crippen LogP contribution in [0.5, 0.6) is 0 Å². The topological polar surface area (TPSA) is 9.23 Å². The van der Waals surface area contributed by atoms with E-state index in [1.54, 1.807) is 0 Å². The molecule has 0 aliphatic carbocycles. The zero-order valence-electron chi connectivity index (χ0n) is 14.9. The Bertz CT molecular complexity index is 210. The first kappa shape index (κ1) is 20.5. The number of unbranched alkanes of at least 4 members (excludes halogenated alkanes) is 12. The number of rotatable bonds is 17. The van der Waals surface area contributed by atoms with E-state index in [0.29, 0.717) is 0 Å². The molecule has 0 heterocycles. The van der Waals surface area contributed by atoms with Crippen molar-refractivity contribution in [2.75, 3.05) is 6.61 Å². The van der Waals surface area contributed by atoms with Crippen molar-refractivity contribution in [2.45, 2.75) is 110 Å². The summed E-state index contributed by atoms with van der Waals surface area (Å²) in [6.07, 6.45) is 20.0. The normalized spacial score (nSPS) is 10.8. The van der Waals surface area contributed by atoms with Crippen molar-refractivity contribution < 1.29 is 4.74 Å². The lowest BCUT2D eigenvalue weighted by Crippen LogP contribution is -1.95. The van der Waals surface area contributed by atoms with Crippen LogP contribution in [0.4, 0.5) is 0 Å². The first-order valence-electron chi connectivity index (χ1n) is 9.61. The minimum atomic E-state index is 0.877. The van der Waals surface area contributed by atoms with Crippen LogP contribution in [0, 0.1) is 0 Å². The summed E-state index contributed by atoms with van der Waals surface area (Å²) in [5.41, 5.74) is 0.